The van der Waals surface area contributed by atoms with Crippen molar-refractivity contribution in [3.8, 4) is 5.75 Å². The van der Waals surface area contributed by atoms with Crippen molar-refractivity contribution in [1.29, 1.82) is 0 Å². The lowest BCUT2D eigenvalue weighted by molar-refractivity contribution is -0.137. The molecule has 3 fully saturated rings. The highest BCUT2D eigenvalue weighted by atomic mass is 32.2. The van der Waals surface area contributed by atoms with Gasteiger partial charge in [0.05, 0.1) is 0 Å². The lowest BCUT2D eigenvalue weighted by Crippen LogP contribution is -2.61. The van der Waals surface area contributed by atoms with E-state index in [9.17, 15) is 9.00 Å². The average Bonchev–Trinajstić information content (AvgIpc) is 2.71. The normalized spacial score (nSPS) is 28.1. The van der Waals surface area contributed by atoms with E-state index in [1.165, 1.54) is 12.0 Å². The van der Waals surface area contributed by atoms with Gasteiger partial charge >= 0.3 is 5.97 Å². The summed E-state index contributed by atoms with van der Waals surface area (Å²) in [6.45, 7) is 6.81. The van der Waals surface area contributed by atoms with Crippen LogP contribution in [0.15, 0.2) is 36.4 Å². The van der Waals surface area contributed by atoms with Gasteiger partial charge in [0.15, 0.2) is 0 Å². The molecule has 5 atom stereocenters. The molecule has 2 bridgehead atoms. The first-order chi connectivity index (χ1) is 14.3. The van der Waals surface area contributed by atoms with E-state index in [1.54, 1.807) is 0 Å². The third kappa shape index (κ3) is 5.52. The second-order valence-corrected chi connectivity index (χ2v) is 10.2. The number of carboxylic acids is 1. The molecule has 0 spiro atoms. The van der Waals surface area contributed by atoms with E-state index < -0.39 is 17.2 Å². The molecule has 3 unspecified atom stereocenters. The van der Waals surface area contributed by atoms with E-state index in [-0.39, 0.29) is 12.5 Å². The van der Waals surface area contributed by atoms with Crippen molar-refractivity contribution in [2.75, 3.05) is 0 Å². The minimum absolute atomic E-state index is 0.168. The van der Waals surface area contributed by atoms with Gasteiger partial charge in [-0.1, -0.05) is 45.1 Å². The van der Waals surface area contributed by atoms with Gasteiger partial charge in [-0.3, -0.25) is 4.79 Å². The van der Waals surface area contributed by atoms with Gasteiger partial charge in [-0.25, -0.2) is 4.72 Å². The summed E-state index contributed by atoms with van der Waals surface area (Å²) in [4.78, 5) is 10.6. The van der Waals surface area contributed by atoms with E-state index in [4.69, 9.17) is 9.29 Å². The maximum atomic E-state index is 12.6. The summed E-state index contributed by atoms with van der Waals surface area (Å²) in [5, 5.41) is 8.75. The number of carboxylic acid groups (broad SMARTS) is 1. The minimum atomic E-state index is -1.57. The van der Waals surface area contributed by atoms with Crippen LogP contribution in [-0.2, 0) is 22.5 Å². The maximum Gasteiger partial charge on any atom is 0.303 e. The van der Waals surface area contributed by atoms with E-state index in [1.807, 2.05) is 24.3 Å². The van der Waals surface area contributed by atoms with Gasteiger partial charge in [-0.2, -0.15) is 4.21 Å². The Morgan fingerprint density at radius 1 is 1.27 bits per heavy atom. The van der Waals surface area contributed by atoms with Crippen molar-refractivity contribution in [1.82, 2.24) is 4.72 Å². The number of unbranched alkanes of at least 4 members (excludes halogenated alkanes) is 1. The summed E-state index contributed by atoms with van der Waals surface area (Å²) >= 11 is -1.57. The summed E-state index contributed by atoms with van der Waals surface area (Å²) < 4.78 is 21.5. The van der Waals surface area contributed by atoms with Crippen LogP contribution in [0.4, 0.5) is 0 Å². The van der Waals surface area contributed by atoms with Crippen LogP contribution in [0.5, 0.6) is 5.75 Å². The highest BCUT2D eigenvalue weighted by Crippen LogP contribution is 2.62. The van der Waals surface area contributed by atoms with Crippen molar-refractivity contribution in [2.45, 2.75) is 71.8 Å². The van der Waals surface area contributed by atoms with Crippen LogP contribution in [0.1, 0.15) is 64.9 Å². The fourth-order valence-corrected chi connectivity index (χ4v) is 6.02. The molecule has 0 heterocycles. The van der Waals surface area contributed by atoms with Crippen LogP contribution >= 0.6 is 0 Å². The molecule has 1 aromatic carbocycles. The summed E-state index contributed by atoms with van der Waals surface area (Å²) in [7, 11) is 0. The Kier molecular flexibility index (Phi) is 7.75. The highest BCUT2D eigenvalue weighted by Gasteiger charge is 2.57. The highest BCUT2D eigenvalue weighted by molar-refractivity contribution is 7.78. The molecule has 3 aliphatic carbocycles. The van der Waals surface area contributed by atoms with Crippen molar-refractivity contribution < 1.29 is 18.3 Å². The number of aliphatic carboxylic acids is 1. The Morgan fingerprint density at radius 2 is 2.00 bits per heavy atom. The topological polar surface area (TPSA) is 75.6 Å². The number of hydrogen-bond donors (Lipinski definition) is 2. The van der Waals surface area contributed by atoms with Crippen LogP contribution in [0.2, 0.25) is 0 Å². The molecule has 6 heteroatoms. The Balaban J connectivity index is 1.56. The van der Waals surface area contributed by atoms with Gasteiger partial charge in [-0.15, -0.1) is 0 Å². The minimum Gasteiger partial charge on any atom is -0.481 e. The molecule has 0 amide bonds. The molecule has 3 saturated carbocycles. The molecule has 3 aliphatic rings. The van der Waals surface area contributed by atoms with Gasteiger partial charge in [0.25, 0.3) is 11.3 Å². The molecule has 0 aromatic heterocycles. The summed E-state index contributed by atoms with van der Waals surface area (Å²) in [5.41, 5.74) is 1.56. The van der Waals surface area contributed by atoms with Gasteiger partial charge < -0.3 is 9.29 Å². The number of hydrogen-bond acceptors (Lipinski definition) is 3. The molecule has 30 heavy (non-hydrogen) atoms. The molecule has 2 N–H and O–H groups in total. The molecule has 1 aromatic rings. The Hall–Kier alpha value is -1.66. The van der Waals surface area contributed by atoms with E-state index in [0.717, 1.165) is 25.7 Å². The number of carbonyl (C=O) groups is 1. The molecular formula is C24H35NO4S. The molecule has 4 rings (SSSR count). The molecule has 166 valence electrons. The third-order valence-corrected chi connectivity index (χ3v) is 8.04. The number of allylic oxidation sites excluding steroid dienone is 2. The molecular weight excluding hydrogens is 398 g/mol. The Labute approximate surface area is 183 Å². The first-order valence-corrected chi connectivity index (χ1v) is 12.2. The van der Waals surface area contributed by atoms with Gasteiger partial charge in [0.2, 0.25) is 0 Å². The first-order valence-electron chi connectivity index (χ1n) is 11.1. The number of nitrogens with one attached hydrogen (secondary N) is 1. The largest absolute Gasteiger partial charge is 0.481 e. The van der Waals surface area contributed by atoms with Crippen molar-refractivity contribution >= 4 is 17.2 Å². The first kappa shape index (κ1) is 23.0. The SMILES string of the molecule is CCc1ccc(OS(=O)NC2C[C@H]3C[C@@H](C2CC=CCCCC(=O)O)C3(C)C)cc1. The van der Waals surface area contributed by atoms with E-state index in [2.05, 4.69) is 37.6 Å². The van der Waals surface area contributed by atoms with Crippen molar-refractivity contribution in [2.24, 2.45) is 23.2 Å². The standard InChI is InChI=1S/C24H35NO4S/c1-4-17-11-13-19(14-12-17)29-30(28)25-22-16-18-15-21(24(18,2)3)20(22)9-7-5-6-8-10-23(26)27/h5,7,11-14,18,20-22,25H,4,6,8-10,15-16H2,1-3H3,(H,26,27)/t18-,20?,21+,22?,30?/m1/s1. The van der Waals surface area contributed by atoms with Gasteiger partial charge in [0, 0.05) is 12.5 Å². The predicted molar refractivity (Wildman–Crippen MR) is 120 cm³/mol. The predicted octanol–water partition coefficient (Wildman–Crippen LogP) is 5.05. The number of fused-ring (bicyclic) bond motifs is 2. The van der Waals surface area contributed by atoms with Gasteiger partial charge in [0.1, 0.15) is 5.75 Å². The fourth-order valence-electron chi connectivity index (χ4n) is 5.17. The number of rotatable bonds is 11. The zero-order valence-electron chi connectivity index (χ0n) is 18.3. The van der Waals surface area contributed by atoms with Crippen LogP contribution in [0.3, 0.4) is 0 Å². The Bertz CT molecular complexity index is 774. The molecule has 0 aliphatic heterocycles. The Morgan fingerprint density at radius 3 is 2.63 bits per heavy atom. The monoisotopic (exact) mass is 433 g/mol. The zero-order chi connectivity index (χ0) is 21.7. The molecule has 0 radical (unpaired) electrons. The van der Waals surface area contributed by atoms with Crippen LogP contribution in [0.25, 0.3) is 0 Å². The number of aryl methyl sites for hydroxylation is 1. The fraction of sp³-hybridized carbons (Fsp3) is 0.625. The quantitative estimate of drug-likeness (QED) is 0.378. The number of benzene rings is 1. The van der Waals surface area contributed by atoms with Crippen molar-refractivity contribution in [3.63, 3.8) is 0 Å². The summed E-state index contributed by atoms with van der Waals surface area (Å²) in [6, 6.07) is 7.92. The van der Waals surface area contributed by atoms with E-state index >= 15 is 0 Å². The average molecular weight is 434 g/mol. The zero-order valence-corrected chi connectivity index (χ0v) is 19.1. The molecule has 5 nitrogen and oxygen atoms in total. The van der Waals surface area contributed by atoms with E-state index in [0.29, 0.717) is 35.3 Å². The maximum absolute atomic E-state index is 12.6. The third-order valence-electron chi connectivity index (χ3n) is 7.21. The second kappa shape index (κ2) is 10.1. The van der Waals surface area contributed by atoms with Gasteiger partial charge in [-0.05, 0) is 79.4 Å². The smallest absolute Gasteiger partial charge is 0.303 e. The van der Waals surface area contributed by atoms with Crippen molar-refractivity contribution in [3.05, 3.63) is 42.0 Å². The van der Waals surface area contributed by atoms with Crippen LogP contribution in [-0.4, -0.2) is 21.3 Å². The van der Waals surface area contributed by atoms with Crippen LogP contribution < -0.4 is 8.91 Å². The lowest BCUT2D eigenvalue weighted by atomic mass is 9.44. The summed E-state index contributed by atoms with van der Waals surface area (Å²) in [6.07, 6.45) is 10.1. The molecule has 0 saturated heterocycles. The summed E-state index contributed by atoms with van der Waals surface area (Å²) in [5.74, 6) is 1.56. The van der Waals surface area contributed by atoms with Crippen LogP contribution in [0, 0.1) is 23.2 Å². The lowest BCUT2D eigenvalue weighted by Gasteiger charge is -2.62. The second-order valence-electron chi connectivity index (χ2n) is 9.29.